The van der Waals surface area contributed by atoms with Crippen LogP contribution in [0.2, 0.25) is 0 Å². The molecule has 0 fully saturated rings. The zero-order chi connectivity index (χ0) is 32.1. The molecule has 0 unspecified atom stereocenters. The molecular formula is C46H34N2. The van der Waals surface area contributed by atoms with Crippen molar-refractivity contribution in [1.82, 2.24) is 0 Å². The zero-order valence-electron chi connectivity index (χ0n) is 26.5. The molecule has 8 rings (SSSR count). The molecule has 48 heavy (non-hydrogen) atoms. The average Bonchev–Trinajstić information content (AvgIpc) is 3.16. The van der Waals surface area contributed by atoms with Crippen LogP contribution < -0.4 is 9.80 Å². The Bertz CT molecular complexity index is 2320. The van der Waals surface area contributed by atoms with Gasteiger partial charge in [0.2, 0.25) is 0 Å². The maximum absolute atomic E-state index is 2.34. The molecule has 8 aromatic carbocycles. The average molecular weight is 615 g/mol. The number of anilines is 6. The van der Waals surface area contributed by atoms with Crippen LogP contribution in [0.4, 0.5) is 34.1 Å². The summed E-state index contributed by atoms with van der Waals surface area (Å²) < 4.78 is 0. The van der Waals surface area contributed by atoms with Gasteiger partial charge >= 0.3 is 0 Å². The lowest BCUT2D eigenvalue weighted by Gasteiger charge is -2.27. The van der Waals surface area contributed by atoms with Crippen molar-refractivity contribution in [3.8, 4) is 0 Å². The second-order valence-corrected chi connectivity index (χ2v) is 11.9. The minimum Gasteiger partial charge on any atom is -0.310 e. The van der Waals surface area contributed by atoms with Crippen LogP contribution in [0, 0.1) is 0 Å². The van der Waals surface area contributed by atoms with E-state index in [-0.39, 0.29) is 0 Å². The molecule has 0 saturated heterocycles. The van der Waals surface area contributed by atoms with E-state index in [1.807, 2.05) is 0 Å². The van der Waals surface area contributed by atoms with Crippen molar-refractivity contribution in [2.24, 2.45) is 0 Å². The Labute approximate surface area is 282 Å². The number of para-hydroxylation sites is 2. The molecule has 8 aromatic rings. The quantitative estimate of drug-likeness (QED) is 0.157. The maximum atomic E-state index is 2.34. The van der Waals surface area contributed by atoms with E-state index in [1.165, 1.54) is 21.5 Å². The lowest BCUT2D eigenvalue weighted by Crippen LogP contribution is -2.10. The molecule has 0 atom stereocenters. The lowest BCUT2D eigenvalue weighted by molar-refractivity contribution is 1.29. The van der Waals surface area contributed by atoms with Crippen LogP contribution in [0.1, 0.15) is 11.1 Å². The van der Waals surface area contributed by atoms with Crippen molar-refractivity contribution < 1.29 is 0 Å². The molecule has 0 N–H and O–H groups in total. The molecule has 0 aromatic heterocycles. The minimum absolute atomic E-state index is 1.12. The number of fused-ring (bicyclic) bond motifs is 2. The first-order valence-electron chi connectivity index (χ1n) is 16.4. The van der Waals surface area contributed by atoms with E-state index in [4.69, 9.17) is 0 Å². The predicted molar refractivity (Wildman–Crippen MR) is 206 cm³/mol. The van der Waals surface area contributed by atoms with Gasteiger partial charge in [0.15, 0.2) is 0 Å². The molecule has 2 heteroatoms. The fourth-order valence-corrected chi connectivity index (χ4v) is 6.41. The van der Waals surface area contributed by atoms with Crippen molar-refractivity contribution >= 4 is 67.8 Å². The van der Waals surface area contributed by atoms with E-state index in [2.05, 4.69) is 216 Å². The smallest absolute Gasteiger partial charge is 0.0540 e. The van der Waals surface area contributed by atoms with Gasteiger partial charge in [-0.15, -0.1) is 0 Å². The minimum atomic E-state index is 1.12. The Kier molecular flexibility index (Phi) is 7.96. The summed E-state index contributed by atoms with van der Waals surface area (Å²) in [7, 11) is 0. The van der Waals surface area contributed by atoms with Gasteiger partial charge in [-0.3, -0.25) is 0 Å². The Balaban J connectivity index is 1.07. The lowest BCUT2D eigenvalue weighted by atomic mass is 10.1. The number of hydrogen-bond acceptors (Lipinski definition) is 2. The van der Waals surface area contributed by atoms with Gasteiger partial charge in [-0.25, -0.2) is 0 Å². The van der Waals surface area contributed by atoms with Crippen LogP contribution in [0.15, 0.2) is 194 Å². The largest absolute Gasteiger partial charge is 0.310 e. The van der Waals surface area contributed by atoms with Crippen LogP contribution >= 0.6 is 0 Å². The SMILES string of the molecule is C(=Cc1ccc(N(c2ccccc2)c2cccc3ccccc23)cc1)c1ccc(N(c2ccccc2)c2ccc3ccccc3c2)cc1. The number of benzene rings is 8. The molecule has 0 heterocycles. The van der Waals surface area contributed by atoms with Crippen LogP contribution in [-0.2, 0) is 0 Å². The number of nitrogens with zero attached hydrogens (tertiary/aromatic N) is 2. The van der Waals surface area contributed by atoms with Gasteiger partial charge in [-0.1, -0.05) is 140 Å². The molecule has 228 valence electrons. The van der Waals surface area contributed by atoms with Crippen molar-refractivity contribution in [2.75, 3.05) is 9.80 Å². The highest BCUT2D eigenvalue weighted by molar-refractivity contribution is 5.99. The molecule has 0 aliphatic carbocycles. The van der Waals surface area contributed by atoms with E-state index in [1.54, 1.807) is 0 Å². The summed E-state index contributed by atoms with van der Waals surface area (Å²) in [5.74, 6) is 0. The summed E-state index contributed by atoms with van der Waals surface area (Å²) in [5, 5.41) is 4.92. The molecule has 0 radical (unpaired) electrons. The molecule has 2 nitrogen and oxygen atoms in total. The number of hydrogen-bond donors (Lipinski definition) is 0. The van der Waals surface area contributed by atoms with Gasteiger partial charge in [0.1, 0.15) is 0 Å². The van der Waals surface area contributed by atoms with Gasteiger partial charge in [0, 0.05) is 33.8 Å². The third kappa shape index (κ3) is 5.95. The molecule has 0 amide bonds. The first kappa shape index (κ1) is 29.1. The van der Waals surface area contributed by atoms with Gasteiger partial charge in [-0.05, 0) is 94.0 Å². The monoisotopic (exact) mass is 614 g/mol. The van der Waals surface area contributed by atoms with E-state index >= 15 is 0 Å². The van der Waals surface area contributed by atoms with E-state index in [9.17, 15) is 0 Å². The summed E-state index contributed by atoms with van der Waals surface area (Å²) >= 11 is 0. The fraction of sp³-hybridized carbons (Fsp3) is 0. The zero-order valence-corrected chi connectivity index (χ0v) is 26.5. The Morgan fingerprint density at radius 2 is 0.750 bits per heavy atom. The fourth-order valence-electron chi connectivity index (χ4n) is 6.41. The first-order chi connectivity index (χ1) is 23.8. The summed E-state index contributed by atoms with van der Waals surface area (Å²) in [6.07, 6.45) is 4.36. The van der Waals surface area contributed by atoms with Crippen molar-refractivity contribution in [3.05, 3.63) is 205 Å². The normalized spacial score (nSPS) is 11.2. The van der Waals surface area contributed by atoms with Crippen molar-refractivity contribution in [2.45, 2.75) is 0 Å². The molecule has 0 saturated carbocycles. The van der Waals surface area contributed by atoms with Gasteiger partial charge in [0.05, 0.1) is 5.69 Å². The summed E-state index contributed by atoms with van der Waals surface area (Å²) in [6, 6.07) is 69.0. The van der Waals surface area contributed by atoms with Crippen LogP contribution in [0.25, 0.3) is 33.7 Å². The van der Waals surface area contributed by atoms with Gasteiger partial charge in [-0.2, -0.15) is 0 Å². The second kappa shape index (κ2) is 13.2. The Morgan fingerprint density at radius 3 is 1.40 bits per heavy atom. The summed E-state index contributed by atoms with van der Waals surface area (Å²) in [5.41, 5.74) is 9.09. The van der Waals surface area contributed by atoms with E-state index in [0.717, 1.165) is 45.3 Å². The van der Waals surface area contributed by atoms with Crippen molar-refractivity contribution in [1.29, 1.82) is 0 Å². The second-order valence-electron chi connectivity index (χ2n) is 11.9. The highest BCUT2D eigenvalue weighted by atomic mass is 15.1. The highest BCUT2D eigenvalue weighted by Crippen LogP contribution is 2.39. The predicted octanol–water partition coefficient (Wildman–Crippen LogP) is 13.1. The van der Waals surface area contributed by atoms with Gasteiger partial charge < -0.3 is 9.80 Å². The van der Waals surface area contributed by atoms with Crippen LogP contribution in [0.5, 0.6) is 0 Å². The summed E-state index contributed by atoms with van der Waals surface area (Å²) in [6.45, 7) is 0. The Morgan fingerprint density at radius 1 is 0.292 bits per heavy atom. The molecule has 0 aliphatic heterocycles. The topological polar surface area (TPSA) is 6.48 Å². The van der Waals surface area contributed by atoms with Crippen molar-refractivity contribution in [3.63, 3.8) is 0 Å². The maximum Gasteiger partial charge on any atom is 0.0540 e. The highest BCUT2D eigenvalue weighted by Gasteiger charge is 2.15. The first-order valence-corrected chi connectivity index (χ1v) is 16.4. The van der Waals surface area contributed by atoms with Gasteiger partial charge in [0.25, 0.3) is 0 Å². The molecule has 0 spiro atoms. The van der Waals surface area contributed by atoms with Crippen LogP contribution in [-0.4, -0.2) is 0 Å². The third-order valence-corrected chi connectivity index (χ3v) is 8.80. The molecule has 0 aliphatic rings. The standard InChI is InChI=1S/C46H34N2/c1-3-16-40(17-4-1)47(44-33-28-37-12-7-8-14-39(37)34-44)42-29-24-35(25-30-42)22-23-36-26-31-43(32-27-36)48(41-18-5-2-6-19-41)46-21-11-15-38-13-9-10-20-45(38)46/h1-34H. The third-order valence-electron chi connectivity index (χ3n) is 8.80. The molecular weight excluding hydrogens is 581 g/mol. The summed E-state index contributed by atoms with van der Waals surface area (Å²) in [4.78, 5) is 4.65. The molecule has 0 bridgehead atoms. The van der Waals surface area contributed by atoms with E-state index < -0.39 is 0 Å². The van der Waals surface area contributed by atoms with Crippen LogP contribution in [0.3, 0.4) is 0 Å². The number of rotatable bonds is 8. The Hall–Kier alpha value is -6.38. The van der Waals surface area contributed by atoms with E-state index in [0.29, 0.717) is 0 Å².